The molecule has 0 spiro atoms. The summed E-state index contributed by atoms with van der Waals surface area (Å²) in [4.78, 5) is 3.38. The van der Waals surface area contributed by atoms with Crippen molar-refractivity contribution in [2.24, 2.45) is 7.05 Å². The summed E-state index contributed by atoms with van der Waals surface area (Å²) in [6, 6.07) is 0. The van der Waals surface area contributed by atoms with Crippen LogP contribution in [0.2, 0.25) is 4.34 Å². The van der Waals surface area contributed by atoms with Crippen LogP contribution < -0.4 is 0 Å². The second-order valence-corrected chi connectivity index (χ2v) is 7.71. The van der Waals surface area contributed by atoms with Gasteiger partial charge in [-0.05, 0) is 0 Å². The summed E-state index contributed by atoms with van der Waals surface area (Å²) in [6.07, 6.45) is -3.34. The number of hydrogen-bond donors (Lipinski definition) is 0. The molecule has 0 amide bonds. The summed E-state index contributed by atoms with van der Waals surface area (Å²) in [6.45, 7) is 0. The van der Waals surface area contributed by atoms with Crippen molar-refractivity contribution in [2.75, 3.05) is 0 Å². The van der Waals surface area contributed by atoms with Crippen LogP contribution in [0.25, 0.3) is 0 Å². The molecule has 21 heavy (non-hydrogen) atoms. The van der Waals surface area contributed by atoms with E-state index in [4.69, 9.17) is 11.6 Å². The lowest BCUT2D eigenvalue weighted by Crippen LogP contribution is -2.15. The van der Waals surface area contributed by atoms with Gasteiger partial charge in [-0.3, -0.25) is 4.68 Å². The molecule has 116 valence electrons. The van der Waals surface area contributed by atoms with Gasteiger partial charge in [-0.1, -0.05) is 22.9 Å². The number of thiazole rings is 1. The first-order chi connectivity index (χ1) is 9.53. The summed E-state index contributed by atoms with van der Waals surface area (Å²) in [5, 5.41) is 3.06. The van der Waals surface area contributed by atoms with Gasteiger partial charge in [0.25, 0.3) is 0 Å². The Morgan fingerprint density at radius 2 is 2.05 bits per heavy atom. The van der Waals surface area contributed by atoms with Gasteiger partial charge in [-0.15, -0.1) is 0 Å². The molecule has 0 N–H and O–H groups in total. The maximum Gasteiger partial charge on any atom is 0.435 e. The lowest BCUT2D eigenvalue weighted by Gasteiger charge is -2.09. The first-order valence-corrected chi connectivity index (χ1v) is 7.87. The van der Waals surface area contributed by atoms with Crippen LogP contribution in [0.15, 0.2) is 16.7 Å². The van der Waals surface area contributed by atoms with Gasteiger partial charge < -0.3 is 0 Å². The number of nitrogens with zero attached hydrogens (tertiary/aromatic N) is 3. The van der Waals surface area contributed by atoms with Crippen molar-refractivity contribution in [3.8, 4) is 0 Å². The van der Waals surface area contributed by atoms with E-state index in [1.165, 1.54) is 0 Å². The molecular formula is C9H6ClF4N3O2S2. The summed E-state index contributed by atoms with van der Waals surface area (Å²) in [5.74, 6) is 0. The van der Waals surface area contributed by atoms with Crippen molar-refractivity contribution in [3.05, 3.63) is 28.0 Å². The summed E-state index contributed by atoms with van der Waals surface area (Å²) in [5.41, 5.74) is -5.62. The Bertz CT molecular complexity index is 768. The Morgan fingerprint density at radius 3 is 2.52 bits per heavy atom. The number of sulfone groups is 1. The predicted molar refractivity (Wildman–Crippen MR) is 66.4 cm³/mol. The molecule has 2 aromatic rings. The smallest absolute Gasteiger partial charge is 0.275 e. The molecule has 2 aromatic heterocycles. The van der Waals surface area contributed by atoms with E-state index in [0.29, 0.717) is 22.2 Å². The first kappa shape index (κ1) is 16.2. The fourth-order valence-corrected chi connectivity index (χ4v) is 4.17. The van der Waals surface area contributed by atoms with Crippen LogP contribution in [0, 0.1) is 0 Å². The molecule has 12 heteroatoms. The van der Waals surface area contributed by atoms with Crippen molar-refractivity contribution in [1.82, 2.24) is 14.8 Å². The number of alkyl halides is 4. The van der Waals surface area contributed by atoms with E-state index < -0.39 is 37.1 Å². The Balaban J connectivity index is 2.52. The molecule has 0 aliphatic heterocycles. The topological polar surface area (TPSA) is 64.8 Å². The largest absolute Gasteiger partial charge is 0.435 e. The Kier molecular flexibility index (Phi) is 4.02. The second kappa shape index (κ2) is 5.21. The van der Waals surface area contributed by atoms with Gasteiger partial charge in [0, 0.05) is 13.2 Å². The van der Waals surface area contributed by atoms with E-state index >= 15 is 0 Å². The highest BCUT2D eigenvalue weighted by atomic mass is 35.5. The Labute approximate surface area is 125 Å². The number of halogens is 5. The van der Waals surface area contributed by atoms with Crippen molar-refractivity contribution < 1.29 is 26.0 Å². The van der Waals surface area contributed by atoms with Crippen molar-refractivity contribution in [1.29, 1.82) is 0 Å². The van der Waals surface area contributed by atoms with Crippen LogP contribution in [-0.4, -0.2) is 23.2 Å². The van der Waals surface area contributed by atoms with Gasteiger partial charge >= 0.3 is 6.18 Å². The molecule has 0 aromatic carbocycles. The Morgan fingerprint density at radius 1 is 1.43 bits per heavy atom. The van der Waals surface area contributed by atoms with E-state index in [0.717, 1.165) is 13.2 Å². The van der Waals surface area contributed by atoms with E-state index in [1.807, 2.05) is 0 Å². The third-order valence-corrected chi connectivity index (χ3v) is 5.59. The van der Waals surface area contributed by atoms with Gasteiger partial charge in [0.2, 0.25) is 19.7 Å². The van der Waals surface area contributed by atoms with Crippen molar-refractivity contribution in [3.63, 3.8) is 0 Å². The minimum absolute atomic E-state index is 0.0250. The molecule has 1 unspecified atom stereocenters. The van der Waals surface area contributed by atoms with Gasteiger partial charge in [0.05, 0.1) is 11.8 Å². The van der Waals surface area contributed by atoms with Gasteiger partial charge in [0.15, 0.2) is 5.69 Å². The molecule has 1 atom stereocenters. The van der Waals surface area contributed by atoms with E-state index in [9.17, 15) is 26.0 Å². The van der Waals surface area contributed by atoms with Crippen LogP contribution >= 0.6 is 22.9 Å². The Hall–Kier alpha value is -1.20. The molecule has 0 saturated heterocycles. The molecule has 0 saturated carbocycles. The lowest BCUT2D eigenvalue weighted by molar-refractivity contribution is -0.142. The number of aromatic nitrogens is 3. The maximum atomic E-state index is 14.2. The quantitative estimate of drug-likeness (QED) is 0.786. The lowest BCUT2D eigenvalue weighted by atomic mass is 10.2. The summed E-state index contributed by atoms with van der Waals surface area (Å²) < 4.78 is 76.3. The third kappa shape index (κ3) is 3.04. The van der Waals surface area contributed by atoms with Gasteiger partial charge in [0.1, 0.15) is 4.34 Å². The summed E-state index contributed by atoms with van der Waals surface area (Å²) in [7, 11) is -3.61. The molecule has 2 heterocycles. The highest BCUT2D eigenvalue weighted by Crippen LogP contribution is 2.39. The van der Waals surface area contributed by atoms with Crippen LogP contribution in [0.4, 0.5) is 17.6 Å². The molecule has 0 fully saturated rings. The average molecular weight is 364 g/mol. The van der Waals surface area contributed by atoms with Crippen LogP contribution in [-0.2, 0) is 23.1 Å². The molecule has 0 aliphatic rings. The van der Waals surface area contributed by atoms with Gasteiger partial charge in [-0.2, -0.15) is 18.3 Å². The summed E-state index contributed by atoms with van der Waals surface area (Å²) >= 11 is 5.95. The minimum Gasteiger partial charge on any atom is -0.275 e. The van der Waals surface area contributed by atoms with E-state index in [1.54, 1.807) is 0 Å². The highest BCUT2D eigenvalue weighted by Gasteiger charge is 2.43. The number of rotatable bonds is 3. The maximum absolute atomic E-state index is 14.2. The first-order valence-electron chi connectivity index (χ1n) is 5.13. The monoisotopic (exact) mass is 363 g/mol. The molecule has 0 radical (unpaired) electrons. The third-order valence-electron chi connectivity index (χ3n) is 2.34. The standard InChI is InChI=1S/C9H6ClF4N3O2S2/c1-17-3-4(6(16-17)9(12,13)14)7(11)21(18,19)8-15-2-5(10)20-8/h2-3,7H,1H3. The molecule has 0 aliphatic carbocycles. The van der Waals surface area contributed by atoms with E-state index in [2.05, 4.69) is 10.1 Å². The van der Waals surface area contributed by atoms with Crippen LogP contribution in [0.1, 0.15) is 16.8 Å². The SMILES string of the molecule is Cn1cc(C(F)S(=O)(=O)c2ncc(Cl)s2)c(C(F)(F)F)n1. The van der Waals surface area contributed by atoms with Crippen molar-refractivity contribution in [2.45, 2.75) is 16.0 Å². The predicted octanol–water partition coefficient (Wildman–Crippen LogP) is 2.99. The fourth-order valence-electron chi connectivity index (χ4n) is 1.52. The molecule has 5 nitrogen and oxygen atoms in total. The van der Waals surface area contributed by atoms with Crippen LogP contribution in [0.3, 0.4) is 0 Å². The molecular weight excluding hydrogens is 358 g/mol. The number of hydrogen-bond acceptors (Lipinski definition) is 5. The molecule has 0 bridgehead atoms. The molecule has 2 rings (SSSR count). The zero-order valence-electron chi connectivity index (χ0n) is 10.1. The highest BCUT2D eigenvalue weighted by molar-refractivity contribution is 7.93. The average Bonchev–Trinajstić information content (AvgIpc) is 2.93. The second-order valence-electron chi connectivity index (χ2n) is 3.90. The number of aryl methyl sites for hydroxylation is 1. The zero-order chi connectivity index (χ0) is 16.0. The zero-order valence-corrected chi connectivity index (χ0v) is 12.5. The fraction of sp³-hybridized carbons (Fsp3) is 0.333. The van der Waals surface area contributed by atoms with E-state index in [-0.39, 0.29) is 4.34 Å². The van der Waals surface area contributed by atoms with Crippen LogP contribution in [0.5, 0.6) is 0 Å². The van der Waals surface area contributed by atoms with Gasteiger partial charge in [-0.25, -0.2) is 17.8 Å². The van der Waals surface area contributed by atoms with Crippen molar-refractivity contribution >= 4 is 32.8 Å². The minimum atomic E-state index is -4.98. The normalized spacial score (nSPS) is 14.4.